The fourth-order valence-electron chi connectivity index (χ4n) is 2.97. The molecular formula is C18H25NO6. The van der Waals surface area contributed by atoms with E-state index >= 15 is 0 Å². The summed E-state index contributed by atoms with van der Waals surface area (Å²) in [6.45, 7) is 3.89. The summed E-state index contributed by atoms with van der Waals surface area (Å²) in [6.07, 6.45) is 0.370. The number of carboxylic acid groups (broad SMARTS) is 1. The number of methoxy groups -OCH3 is 1. The number of hydrogen-bond acceptors (Lipinski definition) is 5. The van der Waals surface area contributed by atoms with Crippen LogP contribution in [0.4, 0.5) is 0 Å². The van der Waals surface area contributed by atoms with Gasteiger partial charge in [-0.3, -0.25) is 9.59 Å². The van der Waals surface area contributed by atoms with Crippen LogP contribution in [0.5, 0.6) is 5.75 Å². The first-order chi connectivity index (χ1) is 12.0. The molecule has 1 aliphatic heterocycles. The van der Waals surface area contributed by atoms with Crippen molar-refractivity contribution in [3.05, 3.63) is 29.8 Å². The van der Waals surface area contributed by atoms with E-state index in [1.807, 2.05) is 6.92 Å². The van der Waals surface area contributed by atoms with E-state index in [-0.39, 0.29) is 19.1 Å². The number of carbonyl (C=O) groups excluding carboxylic acids is 1. The van der Waals surface area contributed by atoms with Crippen molar-refractivity contribution in [1.29, 1.82) is 0 Å². The molecule has 0 radical (unpaired) electrons. The monoisotopic (exact) mass is 351 g/mol. The zero-order chi connectivity index (χ0) is 18.3. The standard InChI is InChI=1S/C18H25NO6/c1-3-24-10-11-25-15-7-5-4-6-14(15)16(20)19-9-8-18(12-19,13-23-2)17(21)22/h4-7H,3,8-13H2,1-2H3,(H,21,22). The maximum absolute atomic E-state index is 12.9. The molecule has 1 aliphatic rings. The van der Waals surface area contributed by atoms with Crippen molar-refractivity contribution in [3.63, 3.8) is 0 Å². The zero-order valence-electron chi connectivity index (χ0n) is 14.7. The number of nitrogens with zero attached hydrogens (tertiary/aromatic N) is 1. The molecule has 1 N–H and O–H groups in total. The van der Waals surface area contributed by atoms with E-state index in [0.717, 1.165) is 0 Å². The Balaban J connectivity index is 2.09. The molecule has 1 amide bonds. The number of ether oxygens (including phenoxy) is 3. The Morgan fingerprint density at radius 1 is 1.28 bits per heavy atom. The fourth-order valence-corrected chi connectivity index (χ4v) is 2.97. The Kier molecular flexibility index (Phi) is 6.78. The van der Waals surface area contributed by atoms with Gasteiger partial charge < -0.3 is 24.2 Å². The van der Waals surface area contributed by atoms with Gasteiger partial charge in [-0.25, -0.2) is 0 Å². The summed E-state index contributed by atoms with van der Waals surface area (Å²) in [7, 11) is 1.47. The molecule has 2 rings (SSSR count). The average Bonchev–Trinajstić information content (AvgIpc) is 3.04. The predicted molar refractivity (Wildman–Crippen MR) is 90.9 cm³/mol. The lowest BCUT2D eigenvalue weighted by Crippen LogP contribution is -2.40. The van der Waals surface area contributed by atoms with Crippen molar-refractivity contribution in [3.8, 4) is 5.75 Å². The highest BCUT2D eigenvalue weighted by Gasteiger charge is 2.46. The van der Waals surface area contributed by atoms with Crippen molar-refractivity contribution in [2.24, 2.45) is 5.41 Å². The van der Waals surface area contributed by atoms with Gasteiger partial charge in [0.2, 0.25) is 0 Å². The van der Waals surface area contributed by atoms with Gasteiger partial charge in [0, 0.05) is 26.8 Å². The van der Waals surface area contributed by atoms with Gasteiger partial charge in [-0.05, 0) is 25.5 Å². The van der Waals surface area contributed by atoms with Gasteiger partial charge in [0.1, 0.15) is 17.8 Å². The van der Waals surface area contributed by atoms with Crippen molar-refractivity contribution in [2.45, 2.75) is 13.3 Å². The summed E-state index contributed by atoms with van der Waals surface area (Å²) >= 11 is 0. The van der Waals surface area contributed by atoms with Crippen LogP contribution in [0.2, 0.25) is 0 Å². The molecule has 1 atom stereocenters. The first kappa shape index (κ1) is 19.2. The highest BCUT2D eigenvalue weighted by atomic mass is 16.5. The van der Waals surface area contributed by atoms with Crippen molar-refractivity contribution in [1.82, 2.24) is 4.90 Å². The van der Waals surface area contributed by atoms with Gasteiger partial charge >= 0.3 is 5.97 Å². The van der Waals surface area contributed by atoms with Crippen molar-refractivity contribution < 1.29 is 28.9 Å². The van der Waals surface area contributed by atoms with Crippen LogP contribution < -0.4 is 4.74 Å². The molecule has 7 nitrogen and oxygen atoms in total. The molecule has 1 unspecified atom stereocenters. The van der Waals surface area contributed by atoms with Crippen LogP contribution in [-0.2, 0) is 14.3 Å². The van der Waals surface area contributed by atoms with E-state index in [4.69, 9.17) is 14.2 Å². The Morgan fingerprint density at radius 2 is 2.04 bits per heavy atom. The minimum atomic E-state index is -1.05. The fraction of sp³-hybridized carbons (Fsp3) is 0.556. The number of carbonyl (C=O) groups is 2. The van der Waals surface area contributed by atoms with Gasteiger partial charge in [-0.1, -0.05) is 12.1 Å². The number of rotatable bonds is 9. The Bertz CT molecular complexity index is 605. The van der Waals surface area contributed by atoms with E-state index in [2.05, 4.69) is 0 Å². The second kappa shape index (κ2) is 8.82. The number of para-hydroxylation sites is 1. The molecule has 0 bridgehead atoms. The molecule has 1 fully saturated rings. The van der Waals surface area contributed by atoms with E-state index in [1.54, 1.807) is 29.2 Å². The quantitative estimate of drug-likeness (QED) is 0.681. The first-order valence-electron chi connectivity index (χ1n) is 8.35. The number of aliphatic carboxylic acids is 1. The number of hydrogen-bond donors (Lipinski definition) is 1. The van der Waals surface area contributed by atoms with Crippen LogP contribution in [0.3, 0.4) is 0 Å². The number of carboxylic acids is 1. The summed E-state index contributed by atoms with van der Waals surface area (Å²) in [6, 6.07) is 6.98. The van der Waals surface area contributed by atoms with E-state index in [1.165, 1.54) is 7.11 Å². The van der Waals surface area contributed by atoms with E-state index in [9.17, 15) is 14.7 Å². The third kappa shape index (κ3) is 4.49. The highest BCUT2D eigenvalue weighted by molar-refractivity contribution is 5.97. The summed E-state index contributed by atoms with van der Waals surface area (Å²) in [4.78, 5) is 26.0. The lowest BCUT2D eigenvalue weighted by molar-refractivity contribution is -0.151. The second-order valence-electron chi connectivity index (χ2n) is 6.04. The topological polar surface area (TPSA) is 85.3 Å². The lowest BCUT2D eigenvalue weighted by atomic mass is 9.88. The Hall–Kier alpha value is -2.12. The molecule has 0 aromatic heterocycles. The van der Waals surface area contributed by atoms with Gasteiger partial charge in [0.05, 0.1) is 18.8 Å². The van der Waals surface area contributed by atoms with Crippen molar-refractivity contribution >= 4 is 11.9 Å². The van der Waals surface area contributed by atoms with E-state index < -0.39 is 11.4 Å². The third-order valence-corrected chi connectivity index (χ3v) is 4.32. The highest BCUT2D eigenvalue weighted by Crippen LogP contribution is 2.33. The predicted octanol–water partition coefficient (Wildman–Crippen LogP) is 1.67. The minimum Gasteiger partial charge on any atom is -0.490 e. The molecule has 25 heavy (non-hydrogen) atoms. The molecule has 1 saturated heterocycles. The molecule has 7 heteroatoms. The summed E-state index contributed by atoms with van der Waals surface area (Å²) in [5, 5.41) is 9.53. The SMILES string of the molecule is CCOCCOc1ccccc1C(=O)N1CCC(COC)(C(=O)O)C1. The minimum absolute atomic E-state index is 0.0820. The average molecular weight is 351 g/mol. The van der Waals surface area contributed by atoms with Crippen LogP contribution in [0.15, 0.2) is 24.3 Å². The van der Waals surface area contributed by atoms with Crippen LogP contribution in [0.1, 0.15) is 23.7 Å². The van der Waals surface area contributed by atoms with Crippen molar-refractivity contribution in [2.75, 3.05) is 46.6 Å². The Labute approximate surface area is 147 Å². The smallest absolute Gasteiger partial charge is 0.313 e. The molecule has 1 aromatic carbocycles. The lowest BCUT2D eigenvalue weighted by Gasteiger charge is -2.24. The first-order valence-corrected chi connectivity index (χ1v) is 8.35. The van der Waals surface area contributed by atoms with Gasteiger partial charge in [0.25, 0.3) is 5.91 Å². The van der Waals surface area contributed by atoms with Crippen LogP contribution in [-0.4, -0.2) is 68.5 Å². The molecule has 0 saturated carbocycles. The van der Waals surface area contributed by atoms with Gasteiger partial charge in [-0.2, -0.15) is 0 Å². The second-order valence-corrected chi connectivity index (χ2v) is 6.04. The van der Waals surface area contributed by atoms with Crippen LogP contribution in [0.25, 0.3) is 0 Å². The molecule has 0 spiro atoms. The molecule has 1 heterocycles. The summed E-state index contributed by atoms with van der Waals surface area (Å²) in [5.74, 6) is -0.691. The van der Waals surface area contributed by atoms with Gasteiger partial charge in [0.15, 0.2) is 0 Å². The maximum atomic E-state index is 12.9. The van der Waals surface area contributed by atoms with Crippen LogP contribution in [0, 0.1) is 5.41 Å². The molecular weight excluding hydrogens is 326 g/mol. The normalized spacial score (nSPS) is 19.8. The largest absolute Gasteiger partial charge is 0.490 e. The maximum Gasteiger partial charge on any atom is 0.313 e. The third-order valence-electron chi connectivity index (χ3n) is 4.32. The van der Waals surface area contributed by atoms with E-state index in [0.29, 0.717) is 44.1 Å². The Morgan fingerprint density at radius 3 is 2.72 bits per heavy atom. The van der Waals surface area contributed by atoms with Gasteiger partial charge in [-0.15, -0.1) is 0 Å². The number of likely N-dealkylation sites (tertiary alicyclic amines) is 1. The summed E-state index contributed by atoms with van der Waals surface area (Å²) in [5.41, 5.74) is -0.618. The molecule has 0 aliphatic carbocycles. The number of benzene rings is 1. The summed E-state index contributed by atoms with van der Waals surface area (Å²) < 4.78 is 16.0. The van der Waals surface area contributed by atoms with Crippen LogP contribution >= 0.6 is 0 Å². The molecule has 1 aromatic rings. The zero-order valence-corrected chi connectivity index (χ0v) is 14.7. The number of amides is 1. The molecule has 138 valence electrons.